The predicted octanol–water partition coefficient (Wildman–Crippen LogP) is 1.54. The Bertz CT molecular complexity index is 515. The van der Waals surface area contributed by atoms with Gasteiger partial charge in [-0.15, -0.1) is 0 Å². The summed E-state index contributed by atoms with van der Waals surface area (Å²) in [6, 6.07) is 1.77. The Morgan fingerprint density at radius 3 is 2.86 bits per heavy atom. The summed E-state index contributed by atoms with van der Waals surface area (Å²) >= 11 is 3.18. The van der Waals surface area contributed by atoms with Crippen LogP contribution in [0.25, 0.3) is 11.1 Å². The van der Waals surface area contributed by atoms with E-state index in [1.54, 1.807) is 23.1 Å². The van der Waals surface area contributed by atoms with Gasteiger partial charge in [-0.2, -0.15) is 5.10 Å². The molecule has 1 N–H and O–H groups in total. The molecule has 72 valence electrons. The van der Waals surface area contributed by atoms with E-state index in [0.29, 0.717) is 4.47 Å². The molecule has 2 aromatic heterocycles. The van der Waals surface area contributed by atoms with Crippen molar-refractivity contribution in [2.24, 2.45) is 7.05 Å². The molecule has 0 fully saturated rings. The number of aromatic nitrogens is 3. The first-order chi connectivity index (χ1) is 6.66. The van der Waals surface area contributed by atoms with Gasteiger partial charge in [-0.05, 0) is 22.0 Å². The molecule has 14 heavy (non-hydrogen) atoms. The summed E-state index contributed by atoms with van der Waals surface area (Å²) < 4.78 is 2.24. The largest absolute Gasteiger partial charge is 0.328 e. The molecule has 0 aliphatic carbocycles. The van der Waals surface area contributed by atoms with Crippen molar-refractivity contribution in [3.8, 4) is 11.1 Å². The Hall–Kier alpha value is -1.36. The molecule has 0 amide bonds. The summed E-state index contributed by atoms with van der Waals surface area (Å²) in [6.45, 7) is 0. The fourth-order valence-corrected chi connectivity index (χ4v) is 1.55. The molecule has 0 aliphatic heterocycles. The van der Waals surface area contributed by atoms with E-state index in [9.17, 15) is 4.79 Å². The van der Waals surface area contributed by atoms with E-state index in [2.05, 4.69) is 26.0 Å². The van der Waals surface area contributed by atoms with Crippen LogP contribution in [0.5, 0.6) is 0 Å². The number of H-pyrrole nitrogens is 1. The summed E-state index contributed by atoms with van der Waals surface area (Å²) in [5, 5.41) is 4.05. The van der Waals surface area contributed by atoms with Crippen LogP contribution in [0.15, 0.2) is 33.9 Å². The molecule has 0 unspecified atom stereocenters. The average molecular weight is 254 g/mol. The van der Waals surface area contributed by atoms with E-state index < -0.39 is 0 Å². The lowest BCUT2D eigenvalue weighted by molar-refractivity contribution is 0.768. The lowest BCUT2D eigenvalue weighted by Gasteiger charge is -1.96. The third-order valence-corrected chi connectivity index (χ3v) is 2.49. The maximum Gasteiger partial charge on any atom is 0.262 e. The number of aromatic amines is 1. The van der Waals surface area contributed by atoms with Gasteiger partial charge in [-0.3, -0.25) is 9.48 Å². The zero-order chi connectivity index (χ0) is 10.1. The smallest absolute Gasteiger partial charge is 0.262 e. The fourth-order valence-electron chi connectivity index (χ4n) is 1.19. The van der Waals surface area contributed by atoms with Gasteiger partial charge in [0.2, 0.25) is 0 Å². The highest BCUT2D eigenvalue weighted by Gasteiger charge is 2.02. The first-order valence-corrected chi connectivity index (χ1v) is 4.83. The van der Waals surface area contributed by atoms with Crippen LogP contribution in [0.2, 0.25) is 0 Å². The molecule has 0 aliphatic rings. The lowest BCUT2D eigenvalue weighted by atomic mass is 10.2. The molecule has 4 nitrogen and oxygen atoms in total. The number of nitrogens with one attached hydrogen (secondary N) is 1. The van der Waals surface area contributed by atoms with Crippen molar-refractivity contribution in [2.45, 2.75) is 0 Å². The van der Waals surface area contributed by atoms with Crippen LogP contribution in [-0.4, -0.2) is 14.8 Å². The number of nitrogens with zero attached hydrogens (tertiary/aromatic N) is 2. The highest BCUT2D eigenvalue weighted by molar-refractivity contribution is 9.10. The highest BCUT2D eigenvalue weighted by Crippen LogP contribution is 2.18. The standard InChI is InChI=1S/C9H8BrN3O/c1-13-5-7(4-12-13)6-2-8(10)9(14)11-3-6/h2-5H,1H3,(H,11,14). The monoisotopic (exact) mass is 253 g/mol. The number of hydrogen-bond donors (Lipinski definition) is 1. The summed E-state index contributed by atoms with van der Waals surface area (Å²) in [6.07, 6.45) is 5.31. The van der Waals surface area contributed by atoms with Crippen LogP contribution in [0.4, 0.5) is 0 Å². The minimum Gasteiger partial charge on any atom is -0.328 e. The third kappa shape index (κ3) is 1.63. The molecule has 2 rings (SSSR count). The molecular formula is C9H8BrN3O. The Morgan fingerprint density at radius 2 is 2.29 bits per heavy atom. The van der Waals surface area contributed by atoms with Gasteiger partial charge in [-0.1, -0.05) is 0 Å². The molecule has 0 radical (unpaired) electrons. The van der Waals surface area contributed by atoms with E-state index >= 15 is 0 Å². The van der Waals surface area contributed by atoms with Crippen molar-refractivity contribution in [1.82, 2.24) is 14.8 Å². The van der Waals surface area contributed by atoms with Gasteiger partial charge in [0, 0.05) is 30.6 Å². The van der Waals surface area contributed by atoms with Crippen LogP contribution >= 0.6 is 15.9 Å². The SMILES string of the molecule is Cn1cc(-c2c[nH]c(=O)c(Br)c2)cn1. The maximum atomic E-state index is 11.1. The second-order valence-electron chi connectivity index (χ2n) is 2.97. The summed E-state index contributed by atoms with van der Waals surface area (Å²) in [4.78, 5) is 13.7. The Kier molecular flexibility index (Phi) is 2.25. The third-order valence-electron chi connectivity index (χ3n) is 1.90. The minimum absolute atomic E-state index is 0.127. The van der Waals surface area contributed by atoms with Gasteiger partial charge in [0.1, 0.15) is 0 Å². The number of hydrogen-bond acceptors (Lipinski definition) is 2. The van der Waals surface area contributed by atoms with E-state index in [-0.39, 0.29) is 5.56 Å². The quantitative estimate of drug-likeness (QED) is 0.839. The number of rotatable bonds is 1. The van der Waals surface area contributed by atoms with E-state index in [1.807, 2.05) is 13.2 Å². The second kappa shape index (κ2) is 3.42. The normalized spacial score (nSPS) is 10.4. The lowest BCUT2D eigenvalue weighted by Crippen LogP contribution is -2.04. The van der Waals surface area contributed by atoms with E-state index in [1.165, 1.54) is 0 Å². The van der Waals surface area contributed by atoms with Crippen LogP contribution in [0.3, 0.4) is 0 Å². The summed E-state index contributed by atoms with van der Waals surface area (Å²) in [7, 11) is 1.85. The molecule has 2 aromatic rings. The van der Waals surface area contributed by atoms with Crippen LogP contribution in [-0.2, 0) is 7.05 Å². The molecule has 0 spiro atoms. The zero-order valence-electron chi connectivity index (χ0n) is 7.49. The highest BCUT2D eigenvalue weighted by atomic mass is 79.9. The maximum absolute atomic E-state index is 11.1. The Labute approximate surface area is 88.7 Å². The van der Waals surface area contributed by atoms with Gasteiger partial charge < -0.3 is 4.98 Å². The van der Waals surface area contributed by atoms with E-state index in [0.717, 1.165) is 11.1 Å². The predicted molar refractivity (Wildman–Crippen MR) is 57.0 cm³/mol. The average Bonchev–Trinajstić information content (AvgIpc) is 2.57. The van der Waals surface area contributed by atoms with Gasteiger partial charge in [0.25, 0.3) is 5.56 Å². The van der Waals surface area contributed by atoms with Crippen molar-refractivity contribution in [3.05, 3.63) is 39.5 Å². The van der Waals surface area contributed by atoms with Crippen molar-refractivity contribution >= 4 is 15.9 Å². The number of aryl methyl sites for hydroxylation is 1. The fraction of sp³-hybridized carbons (Fsp3) is 0.111. The number of halogens is 1. The van der Waals surface area contributed by atoms with Crippen LogP contribution < -0.4 is 5.56 Å². The molecule has 0 saturated carbocycles. The van der Waals surface area contributed by atoms with Gasteiger partial charge in [-0.25, -0.2) is 0 Å². The molecule has 0 saturated heterocycles. The zero-order valence-corrected chi connectivity index (χ0v) is 9.08. The molecule has 0 bridgehead atoms. The van der Waals surface area contributed by atoms with Crippen molar-refractivity contribution in [3.63, 3.8) is 0 Å². The van der Waals surface area contributed by atoms with Crippen molar-refractivity contribution in [1.29, 1.82) is 0 Å². The number of pyridine rings is 1. The molecule has 5 heteroatoms. The van der Waals surface area contributed by atoms with Crippen LogP contribution in [0, 0.1) is 0 Å². The van der Waals surface area contributed by atoms with Gasteiger partial charge >= 0.3 is 0 Å². The molecule has 2 heterocycles. The van der Waals surface area contributed by atoms with Crippen molar-refractivity contribution in [2.75, 3.05) is 0 Å². The molecular weight excluding hydrogens is 246 g/mol. The topological polar surface area (TPSA) is 50.7 Å². The van der Waals surface area contributed by atoms with Crippen molar-refractivity contribution < 1.29 is 0 Å². The summed E-state index contributed by atoms with van der Waals surface area (Å²) in [5.74, 6) is 0. The Morgan fingerprint density at radius 1 is 1.50 bits per heavy atom. The first kappa shape index (κ1) is 9.21. The van der Waals surface area contributed by atoms with Gasteiger partial charge in [0.05, 0.1) is 10.7 Å². The van der Waals surface area contributed by atoms with Crippen LogP contribution in [0.1, 0.15) is 0 Å². The van der Waals surface area contributed by atoms with E-state index in [4.69, 9.17) is 0 Å². The second-order valence-corrected chi connectivity index (χ2v) is 3.82. The summed E-state index contributed by atoms with van der Waals surface area (Å²) in [5.41, 5.74) is 1.78. The van der Waals surface area contributed by atoms with Gasteiger partial charge in [0.15, 0.2) is 0 Å². The first-order valence-electron chi connectivity index (χ1n) is 4.04. The minimum atomic E-state index is -0.127. The Balaban J connectivity index is 2.52. The molecule has 0 atom stereocenters. The molecule has 0 aromatic carbocycles.